The van der Waals surface area contributed by atoms with Crippen LogP contribution in [-0.2, 0) is 4.74 Å². The molecular weight excluding hydrogens is 422 g/mol. The van der Waals surface area contributed by atoms with E-state index >= 15 is 0 Å². The Bertz CT molecular complexity index is 1080. The van der Waals surface area contributed by atoms with E-state index in [2.05, 4.69) is 4.90 Å². The lowest BCUT2D eigenvalue weighted by Gasteiger charge is -2.28. The fraction of sp³-hybridized carbons (Fsp3) is 0.440. The Kier molecular flexibility index (Phi) is 7.40. The zero-order valence-corrected chi connectivity index (χ0v) is 19.9. The van der Waals surface area contributed by atoms with Crippen LogP contribution in [0.5, 0.6) is 5.75 Å². The van der Waals surface area contributed by atoms with Crippen molar-refractivity contribution in [3.63, 3.8) is 0 Å². The molecule has 0 atom stereocenters. The lowest BCUT2D eigenvalue weighted by Crippen LogP contribution is -2.39. The van der Waals surface area contributed by atoms with Crippen LogP contribution in [0.2, 0.25) is 0 Å². The third kappa shape index (κ3) is 5.11. The highest BCUT2D eigenvalue weighted by molar-refractivity contribution is 7.22. The molecule has 0 radical (unpaired) electrons. The number of nitrogens with zero attached hydrogens (tertiary/aromatic N) is 3. The first kappa shape index (κ1) is 22.7. The van der Waals surface area contributed by atoms with Crippen LogP contribution in [0.15, 0.2) is 36.4 Å². The number of benzene rings is 2. The minimum absolute atomic E-state index is 0.00481. The van der Waals surface area contributed by atoms with Gasteiger partial charge in [-0.3, -0.25) is 14.6 Å². The maximum absolute atomic E-state index is 13.7. The van der Waals surface area contributed by atoms with Crippen molar-refractivity contribution in [3.8, 4) is 5.75 Å². The third-order valence-corrected chi connectivity index (χ3v) is 6.77. The summed E-state index contributed by atoms with van der Waals surface area (Å²) in [5.74, 6) is 0.769. The smallest absolute Gasteiger partial charge is 0.260 e. The number of carbonyl (C=O) groups is 1. The van der Waals surface area contributed by atoms with Gasteiger partial charge in [-0.2, -0.15) is 0 Å². The van der Waals surface area contributed by atoms with Crippen molar-refractivity contribution in [2.24, 2.45) is 0 Å². The number of thiazole rings is 1. The molecule has 32 heavy (non-hydrogen) atoms. The van der Waals surface area contributed by atoms with Gasteiger partial charge in [0.05, 0.1) is 24.5 Å². The number of aryl methyl sites for hydroxylation is 2. The topological polar surface area (TPSA) is 54.9 Å². The van der Waals surface area contributed by atoms with E-state index in [1.165, 1.54) is 0 Å². The first-order valence-corrected chi connectivity index (χ1v) is 12.1. The summed E-state index contributed by atoms with van der Waals surface area (Å²) in [5.41, 5.74) is 3.62. The van der Waals surface area contributed by atoms with Gasteiger partial charge in [-0.25, -0.2) is 4.98 Å². The molecule has 0 spiro atoms. The zero-order chi connectivity index (χ0) is 22.5. The molecule has 1 fully saturated rings. The molecule has 1 aromatic heterocycles. The van der Waals surface area contributed by atoms with Gasteiger partial charge in [0, 0.05) is 31.7 Å². The van der Waals surface area contributed by atoms with Gasteiger partial charge >= 0.3 is 0 Å². The summed E-state index contributed by atoms with van der Waals surface area (Å²) in [6.07, 6.45) is 0.880. The fourth-order valence-electron chi connectivity index (χ4n) is 3.97. The molecule has 2 aromatic carbocycles. The number of aromatic nitrogens is 1. The summed E-state index contributed by atoms with van der Waals surface area (Å²) in [6.45, 7) is 11.6. The van der Waals surface area contributed by atoms with E-state index in [-0.39, 0.29) is 5.91 Å². The van der Waals surface area contributed by atoms with Crippen LogP contribution in [0.3, 0.4) is 0 Å². The van der Waals surface area contributed by atoms with Gasteiger partial charge in [0.2, 0.25) is 0 Å². The number of morpholine rings is 1. The van der Waals surface area contributed by atoms with E-state index < -0.39 is 0 Å². The second-order valence-corrected chi connectivity index (χ2v) is 9.12. The quantitative estimate of drug-likeness (QED) is 0.496. The Morgan fingerprint density at radius 1 is 1.22 bits per heavy atom. The highest BCUT2D eigenvalue weighted by Crippen LogP contribution is 2.35. The fourth-order valence-corrected chi connectivity index (χ4v) is 4.98. The Morgan fingerprint density at radius 3 is 2.81 bits per heavy atom. The summed E-state index contributed by atoms with van der Waals surface area (Å²) in [6, 6.07) is 12.0. The predicted molar refractivity (Wildman–Crippen MR) is 130 cm³/mol. The number of hydrogen-bond acceptors (Lipinski definition) is 6. The molecule has 7 heteroatoms. The third-order valence-electron chi connectivity index (χ3n) is 5.73. The van der Waals surface area contributed by atoms with Crippen LogP contribution in [0.25, 0.3) is 10.2 Å². The Labute approximate surface area is 193 Å². The van der Waals surface area contributed by atoms with Crippen molar-refractivity contribution in [2.45, 2.75) is 27.2 Å². The maximum atomic E-state index is 13.7. The van der Waals surface area contributed by atoms with Crippen molar-refractivity contribution >= 4 is 32.6 Å². The minimum atomic E-state index is 0.00481. The van der Waals surface area contributed by atoms with Crippen molar-refractivity contribution in [1.29, 1.82) is 0 Å². The summed E-state index contributed by atoms with van der Waals surface area (Å²) in [7, 11) is 0. The molecule has 0 bridgehead atoms. The van der Waals surface area contributed by atoms with Crippen molar-refractivity contribution < 1.29 is 14.3 Å². The molecule has 6 nitrogen and oxygen atoms in total. The van der Waals surface area contributed by atoms with Crippen molar-refractivity contribution in [1.82, 2.24) is 9.88 Å². The van der Waals surface area contributed by atoms with E-state index in [9.17, 15) is 4.79 Å². The zero-order valence-electron chi connectivity index (χ0n) is 19.1. The van der Waals surface area contributed by atoms with Crippen LogP contribution in [0.4, 0.5) is 5.13 Å². The lowest BCUT2D eigenvalue weighted by atomic mass is 10.0. The number of anilines is 1. The Morgan fingerprint density at radius 2 is 2.03 bits per heavy atom. The van der Waals surface area contributed by atoms with E-state index in [4.69, 9.17) is 14.5 Å². The number of ether oxygens (including phenoxy) is 2. The van der Waals surface area contributed by atoms with Crippen LogP contribution in [0, 0.1) is 13.8 Å². The number of hydrogen-bond donors (Lipinski definition) is 0. The Balaban J connectivity index is 1.63. The predicted octanol–water partition coefficient (Wildman–Crippen LogP) is 4.68. The van der Waals surface area contributed by atoms with Gasteiger partial charge in [-0.1, -0.05) is 35.1 Å². The van der Waals surface area contributed by atoms with Gasteiger partial charge in [-0.15, -0.1) is 0 Å². The molecule has 0 saturated carbocycles. The van der Waals surface area contributed by atoms with E-state index in [0.29, 0.717) is 13.2 Å². The standard InChI is InChI=1S/C25H31N3O3S/c1-4-31-21-7-5-8-22-23(21)26-25(32-22)28(12-6-11-27-13-15-30-16-14-27)24(29)20-17-18(2)9-10-19(20)3/h5,7-10,17H,4,6,11-16H2,1-3H3. The summed E-state index contributed by atoms with van der Waals surface area (Å²) in [5, 5.41) is 0.722. The summed E-state index contributed by atoms with van der Waals surface area (Å²) >= 11 is 1.54. The molecule has 1 aliphatic rings. The molecule has 1 saturated heterocycles. The first-order valence-electron chi connectivity index (χ1n) is 11.3. The molecule has 1 amide bonds. The molecule has 4 rings (SSSR count). The van der Waals surface area contributed by atoms with Crippen LogP contribution >= 0.6 is 11.3 Å². The molecule has 1 aliphatic heterocycles. The van der Waals surface area contributed by atoms with Crippen molar-refractivity contribution in [3.05, 3.63) is 53.1 Å². The second-order valence-electron chi connectivity index (χ2n) is 8.12. The van der Waals surface area contributed by atoms with Gasteiger partial charge in [-0.05, 0) is 51.0 Å². The maximum Gasteiger partial charge on any atom is 0.260 e. The van der Waals surface area contributed by atoms with Crippen LogP contribution < -0.4 is 9.64 Å². The normalized spacial score (nSPS) is 14.6. The molecule has 0 aliphatic carbocycles. The Hall–Kier alpha value is -2.48. The SMILES string of the molecule is CCOc1cccc2sc(N(CCCN3CCOCC3)C(=O)c3cc(C)ccc3C)nc12. The minimum Gasteiger partial charge on any atom is -0.492 e. The van der Waals surface area contributed by atoms with Gasteiger partial charge < -0.3 is 9.47 Å². The van der Waals surface area contributed by atoms with E-state index in [1.54, 1.807) is 11.3 Å². The highest BCUT2D eigenvalue weighted by atomic mass is 32.1. The highest BCUT2D eigenvalue weighted by Gasteiger charge is 2.24. The number of carbonyl (C=O) groups excluding carboxylic acids is 1. The largest absolute Gasteiger partial charge is 0.492 e. The molecule has 170 valence electrons. The first-order chi connectivity index (χ1) is 15.6. The molecule has 0 N–H and O–H groups in total. The number of amides is 1. The van der Waals surface area contributed by atoms with Gasteiger partial charge in [0.25, 0.3) is 5.91 Å². The second kappa shape index (κ2) is 10.4. The van der Waals surface area contributed by atoms with E-state index in [0.717, 1.165) is 77.1 Å². The monoisotopic (exact) mass is 453 g/mol. The molecule has 3 aromatic rings. The molecular formula is C25H31N3O3S. The molecule has 0 unspecified atom stereocenters. The average Bonchev–Trinajstić information content (AvgIpc) is 3.24. The number of fused-ring (bicyclic) bond motifs is 1. The van der Waals surface area contributed by atoms with Gasteiger partial charge in [0.1, 0.15) is 11.3 Å². The van der Waals surface area contributed by atoms with Crippen molar-refractivity contribution in [2.75, 3.05) is 50.9 Å². The lowest BCUT2D eigenvalue weighted by molar-refractivity contribution is 0.0376. The number of rotatable bonds is 8. The van der Waals surface area contributed by atoms with Crippen LogP contribution in [-0.4, -0.2) is 61.8 Å². The number of para-hydroxylation sites is 1. The van der Waals surface area contributed by atoms with Gasteiger partial charge in [0.15, 0.2) is 5.13 Å². The summed E-state index contributed by atoms with van der Waals surface area (Å²) in [4.78, 5) is 22.8. The van der Waals surface area contributed by atoms with E-state index in [1.807, 2.05) is 62.1 Å². The molecule has 2 heterocycles. The summed E-state index contributed by atoms with van der Waals surface area (Å²) < 4.78 is 12.3. The van der Waals surface area contributed by atoms with Crippen LogP contribution in [0.1, 0.15) is 34.8 Å². The average molecular weight is 454 g/mol.